The van der Waals surface area contributed by atoms with Crippen LogP contribution < -0.4 is 5.32 Å². The van der Waals surface area contributed by atoms with Crippen molar-refractivity contribution in [1.82, 2.24) is 0 Å². The van der Waals surface area contributed by atoms with Gasteiger partial charge in [0.15, 0.2) is 0 Å². The molecule has 0 radical (unpaired) electrons. The van der Waals surface area contributed by atoms with Gasteiger partial charge in [-0.1, -0.05) is 24.3 Å². The summed E-state index contributed by atoms with van der Waals surface area (Å²) in [6.07, 6.45) is -0.0925. The largest absolute Gasteiger partial charge is 0.481 e. The maximum atomic E-state index is 10.7. The number of nitrogens with zero attached hydrogens (tertiary/aromatic N) is 1. The average molecular weight is 226 g/mol. The van der Waals surface area contributed by atoms with Crippen molar-refractivity contribution in [1.29, 1.82) is 0 Å². The molecule has 0 saturated heterocycles. The zero-order valence-electron chi connectivity index (χ0n) is 8.97. The van der Waals surface area contributed by atoms with Crippen molar-refractivity contribution in [2.24, 2.45) is 4.99 Å². The summed E-state index contributed by atoms with van der Waals surface area (Å²) in [5, 5.41) is 14.0. The summed E-state index contributed by atoms with van der Waals surface area (Å²) in [6, 6.07) is 11.7. The van der Waals surface area contributed by atoms with Crippen LogP contribution in [0.25, 0.3) is 10.8 Å². The molecule has 1 aliphatic rings. The molecule has 84 valence electrons. The Labute approximate surface area is 97.6 Å². The molecule has 0 aliphatic carbocycles. The van der Waals surface area contributed by atoms with Gasteiger partial charge in [0.25, 0.3) is 0 Å². The van der Waals surface area contributed by atoms with Crippen molar-refractivity contribution >= 4 is 34.0 Å². The summed E-state index contributed by atoms with van der Waals surface area (Å²) in [4.78, 5) is 15.0. The van der Waals surface area contributed by atoms with Crippen molar-refractivity contribution < 1.29 is 9.90 Å². The summed E-state index contributed by atoms with van der Waals surface area (Å²) in [7, 11) is 0. The molecule has 4 nitrogen and oxygen atoms in total. The van der Waals surface area contributed by atoms with Crippen LogP contribution in [0, 0.1) is 0 Å². The minimum Gasteiger partial charge on any atom is -0.481 e. The monoisotopic (exact) mass is 226 g/mol. The van der Waals surface area contributed by atoms with Crippen LogP contribution in [0.2, 0.25) is 0 Å². The molecule has 2 aromatic rings. The lowest BCUT2D eigenvalue weighted by Gasteiger charge is -2.17. The molecule has 0 saturated carbocycles. The Hall–Kier alpha value is -2.36. The standard InChI is InChI=1S/C13H10N2O2/c16-12(17)7-11-14-9-5-1-3-8-4-2-6-10(15-11)13(8)9/h1-6H,7H2,(H,14,15)(H,16,17). The molecule has 0 amide bonds. The van der Waals surface area contributed by atoms with Gasteiger partial charge in [0, 0.05) is 11.1 Å². The summed E-state index contributed by atoms with van der Waals surface area (Å²) in [5.74, 6) is -0.411. The molecule has 0 aromatic heterocycles. The number of carboxylic acid groups (broad SMARTS) is 1. The van der Waals surface area contributed by atoms with Crippen molar-refractivity contribution in [3.8, 4) is 0 Å². The summed E-state index contributed by atoms with van der Waals surface area (Å²) in [6.45, 7) is 0. The maximum absolute atomic E-state index is 10.7. The van der Waals surface area contributed by atoms with Gasteiger partial charge in [-0.3, -0.25) is 4.79 Å². The van der Waals surface area contributed by atoms with E-state index < -0.39 is 5.97 Å². The molecule has 0 unspecified atom stereocenters. The molecule has 0 fully saturated rings. The maximum Gasteiger partial charge on any atom is 0.311 e. The van der Waals surface area contributed by atoms with Gasteiger partial charge in [-0.25, -0.2) is 4.99 Å². The van der Waals surface area contributed by atoms with Crippen molar-refractivity contribution in [2.45, 2.75) is 6.42 Å². The summed E-state index contributed by atoms with van der Waals surface area (Å²) >= 11 is 0. The fraction of sp³-hybridized carbons (Fsp3) is 0.0769. The van der Waals surface area contributed by atoms with Gasteiger partial charge in [-0.05, 0) is 17.5 Å². The SMILES string of the molecule is O=C(O)CC1=Nc2cccc3cccc(c23)N1. The summed E-state index contributed by atoms with van der Waals surface area (Å²) < 4.78 is 0. The van der Waals surface area contributed by atoms with Gasteiger partial charge in [0.1, 0.15) is 12.3 Å². The van der Waals surface area contributed by atoms with Crippen molar-refractivity contribution in [3.05, 3.63) is 36.4 Å². The van der Waals surface area contributed by atoms with Crippen LogP contribution in [-0.2, 0) is 4.79 Å². The Morgan fingerprint density at radius 1 is 1.24 bits per heavy atom. The number of hydrogen-bond donors (Lipinski definition) is 2. The van der Waals surface area contributed by atoms with Crippen LogP contribution in [0.5, 0.6) is 0 Å². The first kappa shape index (κ1) is 9.84. The van der Waals surface area contributed by atoms with Crippen LogP contribution in [0.1, 0.15) is 6.42 Å². The lowest BCUT2D eigenvalue weighted by atomic mass is 10.1. The normalized spacial score (nSPS) is 13.1. The third kappa shape index (κ3) is 1.63. The van der Waals surface area contributed by atoms with Crippen LogP contribution >= 0.6 is 0 Å². The molecule has 2 N–H and O–H groups in total. The highest BCUT2D eigenvalue weighted by Crippen LogP contribution is 2.35. The number of anilines is 1. The summed E-state index contributed by atoms with van der Waals surface area (Å²) in [5.41, 5.74) is 1.75. The number of aliphatic carboxylic acids is 1. The van der Waals surface area contributed by atoms with Gasteiger partial charge in [0.05, 0.1) is 5.69 Å². The van der Waals surface area contributed by atoms with E-state index in [9.17, 15) is 4.79 Å². The Bertz CT molecular complexity index is 642. The molecule has 0 bridgehead atoms. The number of aliphatic imine (C=N–C) groups is 1. The number of amidine groups is 1. The highest BCUT2D eigenvalue weighted by molar-refractivity contribution is 6.16. The first-order valence-electron chi connectivity index (χ1n) is 5.32. The van der Waals surface area contributed by atoms with Crippen LogP contribution in [0.4, 0.5) is 11.4 Å². The Morgan fingerprint density at radius 3 is 2.76 bits per heavy atom. The number of nitrogens with one attached hydrogen (secondary N) is 1. The quantitative estimate of drug-likeness (QED) is 0.827. The van der Waals surface area contributed by atoms with E-state index in [0.717, 1.165) is 22.1 Å². The fourth-order valence-corrected chi connectivity index (χ4v) is 2.07. The number of carbonyl (C=O) groups is 1. The van der Waals surface area contributed by atoms with E-state index in [4.69, 9.17) is 5.11 Å². The zero-order valence-corrected chi connectivity index (χ0v) is 8.97. The van der Waals surface area contributed by atoms with E-state index >= 15 is 0 Å². The molecule has 17 heavy (non-hydrogen) atoms. The lowest BCUT2D eigenvalue weighted by molar-refractivity contribution is -0.135. The minimum absolute atomic E-state index is 0.0925. The van der Waals surface area contributed by atoms with Crippen molar-refractivity contribution in [3.63, 3.8) is 0 Å². The van der Waals surface area contributed by atoms with Gasteiger partial charge in [0.2, 0.25) is 0 Å². The Kier molecular flexibility index (Phi) is 2.08. The average Bonchev–Trinajstić information content (AvgIpc) is 2.28. The molecule has 0 spiro atoms. The predicted octanol–water partition coefficient (Wildman–Crippen LogP) is 2.77. The highest BCUT2D eigenvalue weighted by Gasteiger charge is 2.15. The number of rotatable bonds is 2. The second-order valence-corrected chi connectivity index (χ2v) is 3.93. The molecule has 1 heterocycles. The third-order valence-corrected chi connectivity index (χ3v) is 2.74. The molecule has 0 atom stereocenters. The predicted molar refractivity (Wildman–Crippen MR) is 66.9 cm³/mol. The van der Waals surface area contributed by atoms with Crippen molar-refractivity contribution in [2.75, 3.05) is 5.32 Å². The second kappa shape index (κ2) is 3.59. The molecular formula is C13H10N2O2. The number of carboxylic acids is 1. The molecule has 2 aromatic carbocycles. The van der Waals surface area contributed by atoms with Crippen LogP contribution in [0.15, 0.2) is 41.4 Å². The fourth-order valence-electron chi connectivity index (χ4n) is 2.07. The van der Waals surface area contributed by atoms with E-state index in [1.807, 2.05) is 36.4 Å². The zero-order chi connectivity index (χ0) is 11.8. The van der Waals surface area contributed by atoms with E-state index in [2.05, 4.69) is 10.3 Å². The Balaban J connectivity index is 2.19. The molecule has 4 heteroatoms. The highest BCUT2D eigenvalue weighted by atomic mass is 16.4. The minimum atomic E-state index is -0.886. The third-order valence-electron chi connectivity index (χ3n) is 2.74. The first-order valence-corrected chi connectivity index (χ1v) is 5.32. The van der Waals surface area contributed by atoms with Gasteiger partial charge < -0.3 is 10.4 Å². The van der Waals surface area contributed by atoms with E-state index in [0.29, 0.717) is 5.84 Å². The van der Waals surface area contributed by atoms with Gasteiger partial charge in [-0.15, -0.1) is 0 Å². The second-order valence-electron chi connectivity index (χ2n) is 3.93. The lowest BCUT2D eigenvalue weighted by Crippen LogP contribution is -2.18. The first-order chi connectivity index (χ1) is 8.24. The molecule has 1 aliphatic heterocycles. The molecule has 3 rings (SSSR count). The number of benzene rings is 2. The van der Waals surface area contributed by atoms with E-state index in [1.165, 1.54) is 0 Å². The smallest absolute Gasteiger partial charge is 0.311 e. The van der Waals surface area contributed by atoms with Gasteiger partial charge in [-0.2, -0.15) is 0 Å². The van der Waals surface area contributed by atoms with E-state index in [-0.39, 0.29) is 6.42 Å². The molecular weight excluding hydrogens is 216 g/mol. The topological polar surface area (TPSA) is 61.7 Å². The number of hydrogen-bond acceptors (Lipinski definition) is 3. The van der Waals surface area contributed by atoms with E-state index in [1.54, 1.807) is 0 Å². The van der Waals surface area contributed by atoms with Crippen LogP contribution in [-0.4, -0.2) is 16.9 Å². The van der Waals surface area contributed by atoms with Crippen LogP contribution in [0.3, 0.4) is 0 Å². The van der Waals surface area contributed by atoms with Gasteiger partial charge >= 0.3 is 5.97 Å². The Morgan fingerprint density at radius 2 is 2.00 bits per heavy atom.